The van der Waals surface area contributed by atoms with E-state index in [-0.39, 0.29) is 0 Å². The summed E-state index contributed by atoms with van der Waals surface area (Å²) in [6, 6.07) is 14.3. The van der Waals surface area contributed by atoms with Gasteiger partial charge in [0.25, 0.3) is 0 Å². The number of rotatable bonds is 2. The van der Waals surface area contributed by atoms with Gasteiger partial charge < -0.3 is 9.47 Å². The van der Waals surface area contributed by atoms with Crippen molar-refractivity contribution in [3.8, 4) is 0 Å². The van der Waals surface area contributed by atoms with Crippen LogP contribution in [0.1, 0.15) is 0 Å². The van der Waals surface area contributed by atoms with Gasteiger partial charge in [0, 0.05) is 25.2 Å². The molecule has 0 atom stereocenters. The first kappa shape index (κ1) is 12.8. The van der Waals surface area contributed by atoms with Gasteiger partial charge in [-0.25, -0.2) is 15.0 Å². The molecule has 0 aliphatic rings. The van der Waals surface area contributed by atoms with E-state index in [4.69, 9.17) is 0 Å². The largest absolute Gasteiger partial charge is 0.334 e. The molecule has 0 aliphatic heterocycles. The van der Waals surface area contributed by atoms with Crippen molar-refractivity contribution in [3.63, 3.8) is 0 Å². The predicted octanol–water partition coefficient (Wildman–Crippen LogP) is 3.28. The Bertz CT molecular complexity index is 959. The van der Waals surface area contributed by atoms with Crippen molar-refractivity contribution in [2.45, 2.75) is 0 Å². The molecule has 108 valence electrons. The molecule has 2 aromatic carbocycles. The summed E-state index contributed by atoms with van der Waals surface area (Å²) in [5.74, 6) is 0.888. The van der Waals surface area contributed by atoms with Gasteiger partial charge in [0.2, 0.25) is 0 Å². The molecule has 0 amide bonds. The second-order valence-electron chi connectivity index (χ2n) is 5.31. The minimum absolute atomic E-state index is 0.888. The highest BCUT2D eigenvalue weighted by atomic mass is 15.2. The van der Waals surface area contributed by atoms with Gasteiger partial charge in [-0.2, -0.15) is 0 Å². The number of hydrogen-bond donors (Lipinski definition) is 0. The van der Waals surface area contributed by atoms with Crippen molar-refractivity contribution < 1.29 is 0 Å². The Morgan fingerprint density at radius 2 is 1.77 bits per heavy atom. The number of para-hydroxylation sites is 1. The lowest BCUT2D eigenvalue weighted by Crippen LogP contribution is -2.11. The summed E-state index contributed by atoms with van der Waals surface area (Å²) in [5.41, 5.74) is 4.01. The van der Waals surface area contributed by atoms with Gasteiger partial charge in [-0.1, -0.05) is 18.2 Å². The van der Waals surface area contributed by atoms with E-state index in [1.54, 1.807) is 6.33 Å². The van der Waals surface area contributed by atoms with Gasteiger partial charge in [-0.3, -0.25) is 0 Å². The predicted molar refractivity (Wildman–Crippen MR) is 88.3 cm³/mol. The zero-order valence-electron chi connectivity index (χ0n) is 12.4. The molecule has 5 nitrogen and oxygen atoms in total. The van der Waals surface area contributed by atoms with Crippen LogP contribution >= 0.6 is 0 Å². The Balaban J connectivity index is 1.97. The first-order chi connectivity index (χ1) is 10.7. The van der Waals surface area contributed by atoms with Crippen LogP contribution in [0.2, 0.25) is 0 Å². The van der Waals surface area contributed by atoms with Gasteiger partial charge in [-0.15, -0.1) is 0 Å². The van der Waals surface area contributed by atoms with E-state index < -0.39 is 0 Å². The Hall–Kier alpha value is -2.95. The normalized spacial score (nSPS) is 11.2. The van der Waals surface area contributed by atoms with Crippen LogP contribution in [0.25, 0.3) is 21.9 Å². The Morgan fingerprint density at radius 1 is 0.955 bits per heavy atom. The summed E-state index contributed by atoms with van der Waals surface area (Å²) in [4.78, 5) is 15.3. The van der Waals surface area contributed by atoms with Crippen molar-refractivity contribution in [3.05, 3.63) is 55.1 Å². The number of aryl methyl sites for hydroxylation is 1. The molecule has 0 saturated carbocycles. The maximum absolute atomic E-state index is 4.49. The molecule has 2 heterocycles. The summed E-state index contributed by atoms with van der Waals surface area (Å²) in [5, 5.41) is 1.02. The molecule has 0 N–H and O–H groups in total. The Kier molecular flexibility index (Phi) is 2.79. The zero-order chi connectivity index (χ0) is 15.1. The van der Waals surface area contributed by atoms with E-state index in [1.807, 2.05) is 49.3 Å². The molecule has 0 aliphatic carbocycles. The van der Waals surface area contributed by atoms with Crippen molar-refractivity contribution in [2.24, 2.45) is 7.05 Å². The molecule has 0 saturated heterocycles. The monoisotopic (exact) mass is 289 g/mol. The number of nitrogens with zero attached hydrogens (tertiary/aromatic N) is 5. The zero-order valence-corrected chi connectivity index (χ0v) is 12.4. The van der Waals surface area contributed by atoms with Crippen LogP contribution in [0.5, 0.6) is 0 Å². The first-order valence-corrected chi connectivity index (χ1v) is 7.08. The maximum atomic E-state index is 4.49. The van der Waals surface area contributed by atoms with E-state index in [1.165, 1.54) is 0 Å². The molecule has 22 heavy (non-hydrogen) atoms. The number of hydrogen-bond acceptors (Lipinski definition) is 4. The van der Waals surface area contributed by atoms with Gasteiger partial charge in [-0.05, 0) is 24.3 Å². The molecule has 0 bridgehead atoms. The minimum Gasteiger partial charge on any atom is -0.334 e. The summed E-state index contributed by atoms with van der Waals surface area (Å²) in [7, 11) is 4.01. The molecular formula is C17H15N5. The Labute approximate surface area is 127 Å². The van der Waals surface area contributed by atoms with Gasteiger partial charge in [0.05, 0.1) is 22.9 Å². The average molecular weight is 289 g/mol. The summed E-state index contributed by atoms with van der Waals surface area (Å²) >= 11 is 0. The van der Waals surface area contributed by atoms with Crippen LogP contribution < -0.4 is 4.90 Å². The molecule has 2 aromatic heterocycles. The smallest absolute Gasteiger partial charge is 0.144 e. The van der Waals surface area contributed by atoms with Crippen molar-refractivity contribution in [1.29, 1.82) is 0 Å². The highest BCUT2D eigenvalue weighted by molar-refractivity contribution is 5.99. The fourth-order valence-electron chi connectivity index (χ4n) is 2.71. The van der Waals surface area contributed by atoms with Crippen LogP contribution in [-0.2, 0) is 7.05 Å². The second kappa shape index (κ2) is 4.80. The summed E-state index contributed by atoms with van der Waals surface area (Å²) in [6.07, 6.45) is 3.42. The molecule has 0 radical (unpaired) electrons. The van der Waals surface area contributed by atoms with Gasteiger partial charge in [0.15, 0.2) is 0 Å². The van der Waals surface area contributed by atoms with E-state index in [0.717, 1.165) is 33.4 Å². The molecule has 0 unspecified atom stereocenters. The lowest BCUT2D eigenvalue weighted by atomic mass is 10.2. The minimum atomic E-state index is 0.888. The number of fused-ring (bicyclic) bond motifs is 2. The molecular weight excluding hydrogens is 274 g/mol. The van der Waals surface area contributed by atoms with Crippen molar-refractivity contribution in [1.82, 2.24) is 19.5 Å². The summed E-state index contributed by atoms with van der Waals surface area (Å²) in [6.45, 7) is 0. The van der Waals surface area contributed by atoms with Gasteiger partial charge in [0.1, 0.15) is 12.1 Å². The number of benzene rings is 2. The average Bonchev–Trinajstić information content (AvgIpc) is 2.93. The molecule has 0 spiro atoms. The SMILES string of the molecule is CN(c1ccccc1)c1ncnc2cc3ncn(C)c3cc12. The molecule has 0 fully saturated rings. The van der Waals surface area contributed by atoms with Crippen LogP contribution in [-0.4, -0.2) is 26.6 Å². The number of anilines is 2. The highest BCUT2D eigenvalue weighted by Crippen LogP contribution is 2.30. The van der Waals surface area contributed by atoms with Crippen molar-refractivity contribution >= 4 is 33.4 Å². The molecule has 4 aromatic rings. The number of imidazole rings is 1. The Morgan fingerprint density at radius 3 is 2.59 bits per heavy atom. The van der Waals surface area contributed by atoms with E-state index in [2.05, 4.69) is 38.1 Å². The van der Waals surface area contributed by atoms with Crippen molar-refractivity contribution in [2.75, 3.05) is 11.9 Å². The highest BCUT2D eigenvalue weighted by Gasteiger charge is 2.12. The molecule has 5 heteroatoms. The third-order valence-corrected chi connectivity index (χ3v) is 3.92. The fourth-order valence-corrected chi connectivity index (χ4v) is 2.71. The topological polar surface area (TPSA) is 46.8 Å². The van der Waals surface area contributed by atoms with E-state index in [9.17, 15) is 0 Å². The number of aromatic nitrogens is 4. The van der Waals surface area contributed by atoms with Crippen LogP contribution in [0.3, 0.4) is 0 Å². The van der Waals surface area contributed by atoms with E-state index in [0.29, 0.717) is 0 Å². The third-order valence-electron chi connectivity index (χ3n) is 3.92. The fraction of sp³-hybridized carbons (Fsp3) is 0.118. The first-order valence-electron chi connectivity index (χ1n) is 7.08. The molecule has 4 rings (SSSR count). The van der Waals surface area contributed by atoms with E-state index >= 15 is 0 Å². The van der Waals surface area contributed by atoms with Crippen LogP contribution in [0, 0.1) is 0 Å². The second-order valence-corrected chi connectivity index (χ2v) is 5.31. The lowest BCUT2D eigenvalue weighted by molar-refractivity contribution is 0.948. The van der Waals surface area contributed by atoms with Crippen LogP contribution in [0.15, 0.2) is 55.1 Å². The standard InChI is InChI=1S/C17H15N5/c1-21-11-20-15-9-14-13(8-16(15)21)17(19-10-18-14)22(2)12-6-4-3-5-7-12/h3-11H,1-2H3. The third kappa shape index (κ3) is 1.90. The summed E-state index contributed by atoms with van der Waals surface area (Å²) < 4.78 is 2.01. The lowest BCUT2D eigenvalue weighted by Gasteiger charge is -2.19. The maximum Gasteiger partial charge on any atom is 0.144 e. The van der Waals surface area contributed by atoms with Crippen LogP contribution in [0.4, 0.5) is 11.5 Å². The van der Waals surface area contributed by atoms with Gasteiger partial charge >= 0.3 is 0 Å². The quantitative estimate of drug-likeness (QED) is 0.568.